The Kier molecular flexibility index (Phi) is 11.2. The summed E-state index contributed by atoms with van der Waals surface area (Å²) in [4.78, 5) is 6.52. The minimum atomic E-state index is 0.0127. The lowest BCUT2D eigenvalue weighted by molar-refractivity contribution is 0.180. The second-order valence-electron chi connectivity index (χ2n) is 6.13. The van der Waals surface area contributed by atoms with E-state index in [0.717, 1.165) is 50.1 Å². The van der Waals surface area contributed by atoms with Crippen LogP contribution in [0.5, 0.6) is 11.5 Å². The van der Waals surface area contributed by atoms with Gasteiger partial charge in [-0.3, -0.25) is 4.99 Å². The molecule has 1 unspecified atom stereocenters. The maximum atomic E-state index is 5.89. The Balaban J connectivity index is 2.23. The molecule has 1 atom stereocenters. The number of likely N-dealkylation sites (N-methyl/N-ethyl adjacent to an activating group) is 1. The van der Waals surface area contributed by atoms with Gasteiger partial charge in [0, 0.05) is 40.4 Å². The zero-order valence-electron chi connectivity index (χ0n) is 16.7. The summed E-state index contributed by atoms with van der Waals surface area (Å²) in [7, 11) is 7.26. The van der Waals surface area contributed by atoms with Crippen LogP contribution in [-0.4, -0.2) is 78.1 Å². The van der Waals surface area contributed by atoms with Gasteiger partial charge in [-0.15, -0.1) is 0 Å². The molecule has 0 amide bonds. The number of rotatable bonds is 12. The van der Waals surface area contributed by atoms with Gasteiger partial charge in [-0.2, -0.15) is 0 Å². The molecule has 0 heterocycles. The first-order valence-electron chi connectivity index (χ1n) is 9.01. The third-order valence-corrected chi connectivity index (χ3v) is 3.85. The van der Waals surface area contributed by atoms with Gasteiger partial charge in [-0.25, -0.2) is 0 Å². The summed E-state index contributed by atoms with van der Waals surface area (Å²) in [6.45, 7) is 6.28. The molecule has 1 aromatic carbocycles. The summed E-state index contributed by atoms with van der Waals surface area (Å²) in [5, 5.41) is 6.61. The fourth-order valence-electron chi connectivity index (χ4n) is 2.35. The molecular formula is C19H34N4O3. The predicted octanol–water partition coefficient (Wildman–Crippen LogP) is 1.60. The van der Waals surface area contributed by atoms with Crippen LogP contribution in [0, 0.1) is 0 Å². The van der Waals surface area contributed by atoms with Crippen molar-refractivity contribution >= 4 is 5.96 Å². The molecule has 148 valence electrons. The van der Waals surface area contributed by atoms with E-state index in [1.165, 1.54) is 0 Å². The standard InChI is InChI=1S/C19H34N4O3/c1-16(26-18-9-7-17(25-5)8-10-18)15-22-19(20-2)21-11-13-23(3)12-6-14-24-4/h7-10,16H,6,11-15H2,1-5H3,(H2,20,21,22). The third kappa shape index (κ3) is 9.48. The van der Waals surface area contributed by atoms with Gasteiger partial charge in [-0.1, -0.05) is 0 Å². The van der Waals surface area contributed by atoms with Crippen LogP contribution in [0.1, 0.15) is 13.3 Å². The SMILES string of the molecule is CN=C(NCCN(C)CCCOC)NCC(C)Oc1ccc(OC)cc1. The van der Waals surface area contributed by atoms with Gasteiger partial charge >= 0.3 is 0 Å². The van der Waals surface area contributed by atoms with Crippen molar-refractivity contribution in [3.63, 3.8) is 0 Å². The van der Waals surface area contributed by atoms with E-state index in [2.05, 4.69) is 27.6 Å². The van der Waals surface area contributed by atoms with Crippen LogP contribution in [0.3, 0.4) is 0 Å². The molecule has 0 aliphatic rings. The Morgan fingerprint density at radius 1 is 1.12 bits per heavy atom. The van der Waals surface area contributed by atoms with Crippen molar-refractivity contribution in [3.05, 3.63) is 24.3 Å². The summed E-state index contributed by atoms with van der Waals surface area (Å²) in [5.41, 5.74) is 0. The number of benzene rings is 1. The molecular weight excluding hydrogens is 332 g/mol. The molecule has 0 aliphatic carbocycles. The molecule has 1 aromatic rings. The van der Waals surface area contributed by atoms with Crippen molar-refractivity contribution in [2.75, 3.05) is 61.1 Å². The summed E-state index contributed by atoms with van der Waals surface area (Å²) in [6, 6.07) is 7.59. The summed E-state index contributed by atoms with van der Waals surface area (Å²) in [5.74, 6) is 2.42. The molecule has 0 radical (unpaired) electrons. The van der Waals surface area contributed by atoms with E-state index in [4.69, 9.17) is 14.2 Å². The maximum absolute atomic E-state index is 5.89. The molecule has 0 spiro atoms. The van der Waals surface area contributed by atoms with E-state index < -0.39 is 0 Å². The summed E-state index contributed by atoms with van der Waals surface area (Å²) >= 11 is 0. The zero-order chi connectivity index (χ0) is 19.2. The van der Waals surface area contributed by atoms with Crippen LogP contribution in [-0.2, 0) is 4.74 Å². The average Bonchev–Trinajstić information content (AvgIpc) is 2.65. The van der Waals surface area contributed by atoms with Crippen molar-refractivity contribution < 1.29 is 14.2 Å². The fourth-order valence-corrected chi connectivity index (χ4v) is 2.35. The van der Waals surface area contributed by atoms with Crippen LogP contribution in [0.4, 0.5) is 0 Å². The zero-order valence-corrected chi connectivity index (χ0v) is 16.7. The van der Waals surface area contributed by atoms with Gasteiger partial charge < -0.3 is 29.7 Å². The van der Waals surface area contributed by atoms with E-state index in [1.807, 2.05) is 31.2 Å². The number of hydrogen-bond donors (Lipinski definition) is 2. The number of ether oxygens (including phenoxy) is 3. The number of aliphatic imine (C=N–C) groups is 1. The predicted molar refractivity (Wildman–Crippen MR) is 106 cm³/mol. The lowest BCUT2D eigenvalue weighted by Crippen LogP contribution is -2.44. The number of guanidine groups is 1. The summed E-state index contributed by atoms with van der Waals surface area (Å²) in [6.07, 6.45) is 1.05. The highest BCUT2D eigenvalue weighted by Gasteiger charge is 2.06. The topological polar surface area (TPSA) is 67.4 Å². The van der Waals surface area contributed by atoms with Crippen LogP contribution in [0.25, 0.3) is 0 Å². The van der Waals surface area contributed by atoms with Crippen LogP contribution in [0.2, 0.25) is 0 Å². The molecule has 0 aromatic heterocycles. The maximum Gasteiger partial charge on any atom is 0.191 e. The molecule has 7 heteroatoms. The Hall–Kier alpha value is -1.99. The number of nitrogens with zero attached hydrogens (tertiary/aromatic N) is 2. The molecule has 0 fully saturated rings. The largest absolute Gasteiger partial charge is 0.497 e. The van der Waals surface area contributed by atoms with E-state index in [0.29, 0.717) is 6.54 Å². The Labute approximate surface area is 157 Å². The highest BCUT2D eigenvalue weighted by molar-refractivity contribution is 5.79. The Bertz CT molecular complexity index is 508. The normalized spacial score (nSPS) is 12.8. The van der Waals surface area contributed by atoms with Crippen molar-refractivity contribution in [1.29, 1.82) is 0 Å². The minimum Gasteiger partial charge on any atom is -0.497 e. The average molecular weight is 367 g/mol. The number of methoxy groups -OCH3 is 2. The first kappa shape index (κ1) is 22.1. The van der Waals surface area contributed by atoms with Gasteiger partial charge in [-0.05, 0) is 44.7 Å². The Morgan fingerprint density at radius 2 is 1.81 bits per heavy atom. The first-order valence-corrected chi connectivity index (χ1v) is 9.01. The van der Waals surface area contributed by atoms with Gasteiger partial charge in [0.05, 0.1) is 13.7 Å². The number of hydrogen-bond acceptors (Lipinski definition) is 5. The first-order chi connectivity index (χ1) is 12.6. The van der Waals surface area contributed by atoms with Gasteiger partial charge in [0.25, 0.3) is 0 Å². The van der Waals surface area contributed by atoms with E-state index in [9.17, 15) is 0 Å². The quantitative estimate of drug-likeness (QED) is 0.333. The van der Waals surface area contributed by atoms with Crippen LogP contribution < -0.4 is 20.1 Å². The lowest BCUT2D eigenvalue weighted by Gasteiger charge is -2.20. The minimum absolute atomic E-state index is 0.0127. The molecule has 1 rings (SSSR count). The lowest BCUT2D eigenvalue weighted by atomic mass is 10.3. The van der Waals surface area contributed by atoms with E-state index in [-0.39, 0.29) is 6.10 Å². The van der Waals surface area contributed by atoms with Crippen molar-refractivity contribution in [1.82, 2.24) is 15.5 Å². The highest BCUT2D eigenvalue weighted by Crippen LogP contribution is 2.17. The monoisotopic (exact) mass is 366 g/mol. The fraction of sp³-hybridized carbons (Fsp3) is 0.632. The molecule has 0 saturated heterocycles. The van der Waals surface area contributed by atoms with Crippen molar-refractivity contribution in [2.45, 2.75) is 19.4 Å². The van der Waals surface area contributed by atoms with Gasteiger partial charge in [0.1, 0.15) is 17.6 Å². The van der Waals surface area contributed by atoms with Gasteiger partial charge in [0.15, 0.2) is 5.96 Å². The second-order valence-corrected chi connectivity index (χ2v) is 6.13. The van der Waals surface area contributed by atoms with Crippen LogP contribution in [0.15, 0.2) is 29.3 Å². The molecule has 2 N–H and O–H groups in total. The van der Waals surface area contributed by atoms with E-state index >= 15 is 0 Å². The number of nitrogens with one attached hydrogen (secondary N) is 2. The molecule has 7 nitrogen and oxygen atoms in total. The smallest absolute Gasteiger partial charge is 0.191 e. The Morgan fingerprint density at radius 3 is 2.42 bits per heavy atom. The van der Waals surface area contributed by atoms with Gasteiger partial charge in [0.2, 0.25) is 0 Å². The van der Waals surface area contributed by atoms with Crippen molar-refractivity contribution in [3.8, 4) is 11.5 Å². The molecule has 0 aliphatic heterocycles. The molecule has 0 saturated carbocycles. The molecule has 26 heavy (non-hydrogen) atoms. The molecule has 0 bridgehead atoms. The third-order valence-electron chi connectivity index (χ3n) is 3.85. The van der Waals surface area contributed by atoms with Crippen molar-refractivity contribution in [2.24, 2.45) is 4.99 Å². The highest BCUT2D eigenvalue weighted by atomic mass is 16.5. The van der Waals surface area contributed by atoms with E-state index in [1.54, 1.807) is 21.3 Å². The van der Waals surface area contributed by atoms with Crippen LogP contribution >= 0.6 is 0 Å². The summed E-state index contributed by atoms with van der Waals surface area (Å²) < 4.78 is 16.1. The second kappa shape index (κ2) is 13.2.